The lowest BCUT2D eigenvalue weighted by Crippen LogP contribution is -2.40. The van der Waals surface area contributed by atoms with Crippen molar-refractivity contribution >= 4 is 11.8 Å². The van der Waals surface area contributed by atoms with Gasteiger partial charge in [-0.3, -0.25) is 9.59 Å². The van der Waals surface area contributed by atoms with Crippen molar-refractivity contribution in [3.63, 3.8) is 0 Å². The minimum atomic E-state index is -0.172. The summed E-state index contributed by atoms with van der Waals surface area (Å²) < 4.78 is 5.62. The Morgan fingerprint density at radius 2 is 2.04 bits per heavy atom. The lowest BCUT2D eigenvalue weighted by atomic mass is 9.60. The third-order valence-corrected chi connectivity index (χ3v) is 6.47. The average molecular weight is 312 g/mol. The largest absolute Gasteiger partial charge is 0.462 e. The second-order valence-corrected chi connectivity index (χ2v) is 7.70. The molecule has 4 aliphatic rings. The zero-order valence-corrected chi connectivity index (χ0v) is 13.9. The van der Waals surface area contributed by atoms with Crippen LogP contribution in [0.15, 0.2) is 34.9 Å². The lowest BCUT2D eigenvalue weighted by Gasteiger charge is -2.45. The van der Waals surface area contributed by atoms with Crippen molar-refractivity contribution < 1.29 is 14.3 Å². The van der Waals surface area contributed by atoms with E-state index < -0.39 is 0 Å². The van der Waals surface area contributed by atoms with Crippen LogP contribution in [0.4, 0.5) is 0 Å². The molecule has 0 amide bonds. The third-order valence-electron chi connectivity index (χ3n) is 6.47. The molecule has 0 radical (unpaired) electrons. The molecule has 122 valence electrons. The number of rotatable bonds is 1. The van der Waals surface area contributed by atoms with Crippen molar-refractivity contribution in [2.75, 3.05) is 0 Å². The summed E-state index contributed by atoms with van der Waals surface area (Å²) in [6.45, 7) is 3.76. The first kappa shape index (κ1) is 14.9. The fraction of sp³-hybridized carbons (Fsp3) is 0.600. The standard InChI is InChI=1S/C20H24O3/c1-12(21)23-19-8-7-18-17-5-3-13-11-14(22)4-6-15(13)16(17)9-10-20(18,19)2/h9-11,17-19H,3-8H2,1-2H3/t17?,18-,19+,20+/m1/s1. The van der Waals surface area contributed by atoms with E-state index in [9.17, 15) is 9.59 Å². The molecule has 0 aromatic carbocycles. The highest BCUT2D eigenvalue weighted by molar-refractivity contribution is 5.93. The first-order chi connectivity index (χ1) is 11.0. The Kier molecular flexibility index (Phi) is 3.36. The molecule has 4 atom stereocenters. The highest BCUT2D eigenvalue weighted by Gasteiger charge is 2.53. The fourth-order valence-corrected chi connectivity index (χ4v) is 5.36. The Hall–Kier alpha value is -1.64. The maximum absolute atomic E-state index is 11.7. The number of hydrogen-bond acceptors (Lipinski definition) is 3. The summed E-state index contributed by atoms with van der Waals surface area (Å²) in [6, 6.07) is 0. The maximum Gasteiger partial charge on any atom is 0.302 e. The van der Waals surface area contributed by atoms with Gasteiger partial charge in [0.25, 0.3) is 0 Å². The van der Waals surface area contributed by atoms with Gasteiger partial charge in [0.1, 0.15) is 6.10 Å². The molecule has 0 N–H and O–H groups in total. The normalized spacial score (nSPS) is 38.6. The molecular formula is C20H24O3. The monoisotopic (exact) mass is 312 g/mol. The van der Waals surface area contributed by atoms with Crippen molar-refractivity contribution in [3.8, 4) is 0 Å². The highest BCUT2D eigenvalue weighted by Crippen LogP contribution is 2.57. The molecule has 1 saturated carbocycles. The summed E-state index contributed by atoms with van der Waals surface area (Å²) in [7, 11) is 0. The highest BCUT2D eigenvalue weighted by atomic mass is 16.5. The van der Waals surface area contributed by atoms with Crippen LogP contribution in [0.2, 0.25) is 0 Å². The van der Waals surface area contributed by atoms with E-state index in [0.29, 0.717) is 18.3 Å². The smallest absolute Gasteiger partial charge is 0.302 e. The Morgan fingerprint density at radius 3 is 2.83 bits per heavy atom. The number of carbonyl (C=O) groups is 2. The van der Waals surface area contributed by atoms with Crippen LogP contribution in [-0.4, -0.2) is 17.9 Å². The molecule has 1 unspecified atom stereocenters. The minimum absolute atomic E-state index is 0.0117. The Labute approximate surface area is 137 Å². The number of ether oxygens (including phenoxy) is 1. The second kappa shape index (κ2) is 5.19. The molecule has 23 heavy (non-hydrogen) atoms. The van der Waals surface area contributed by atoms with Gasteiger partial charge in [-0.2, -0.15) is 0 Å². The quantitative estimate of drug-likeness (QED) is 0.690. The molecule has 0 bridgehead atoms. The van der Waals surface area contributed by atoms with Crippen molar-refractivity contribution in [3.05, 3.63) is 34.9 Å². The fourth-order valence-electron chi connectivity index (χ4n) is 5.36. The second-order valence-electron chi connectivity index (χ2n) is 7.70. The van der Waals surface area contributed by atoms with Gasteiger partial charge >= 0.3 is 5.97 Å². The lowest BCUT2D eigenvalue weighted by molar-refractivity contribution is -0.150. The first-order valence-electron chi connectivity index (χ1n) is 8.82. The predicted molar refractivity (Wildman–Crippen MR) is 87.6 cm³/mol. The van der Waals surface area contributed by atoms with Gasteiger partial charge < -0.3 is 4.74 Å². The average Bonchev–Trinajstić information content (AvgIpc) is 2.83. The molecule has 0 aliphatic heterocycles. The van der Waals surface area contributed by atoms with Crippen LogP contribution in [0.5, 0.6) is 0 Å². The predicted octanol–water partition coefficient (Wildman–Crippen LogP) is 3.90. The van der Waals surface area contributed by atoms with Crippen molar-refractivity contribution in [1.82, 2.24) is 0 Å². The number of allylic oxidation sites excluding steroid dienone is 5. The molecule has 0 heterocycles. The van der Waals surface area contributed by atoms with E-state index in [0.717, 1.165) is 32.1 Å². The molecule has 4 rings (SSSR count). The molecule has 3 heteroatoms. The van der Waals surface area contributed by atoms with Crippen LogP contribution >= 0.6 is 0 Å². The summed E-state index contributed by atoms with van der Waals surface area (Å²) in [5.74, 6) is 1.22. The van der Waals surface area contributed by atoms with Gasteiger partial charge in [0.15, 0.2) is 5.78 Å². The number of fused-ring (bicyclic) bond motifs is 4. The Balaban J connectivity index is 1.73. The molecule has 0 aromatic rings. The zero-order valence-electron chi connectivity index (χ0n) is 13.9. The van der Waals surface area contributed by atoms with Gasteiger partial charge in [0.2, 0.25) is 0 Å². The number of hydrogen-bond donors (Lipinski definition) is 0. The molecular weight excluding hydrogens is 288 g/mol. The summed E-state index contributed by atoms with van der Waals surface area (Å²) in [6.07, 6.45) is 12.2. The van der Waals surface area contributed by atoms with Gasteiger partial charge in [-0.25, -0.2) is 0 Å². The molecule has 0 saturated heterocycles. The molecule has 0 aromatic heterocycles. The molecule has 1 fully saturated rings. The summed E-state index contributed by atoms with van der Waals surface area (Å²) >= 11 is 0. The van der Waals surface area contributed by atoms with Crippen LogP contribution in [0.25, 0.3) is 0 Å². The summed E-state index contributed by atoms with van der Waals surface area (Å²) in [5, 5.41) is 0. The van der Waals surface area contributed by atoms with Crippen molar-refractivity contribution in [1.29, 1.82) is 0 Å². The number of carbonyl (C=O) groups excluding carboxylic acids is 2. The third kappa shape index (κ3) is 2.24. The van der Waals surface area contributed by atoms with E-state index in [1.807, 2.05) is 6.08 Å². The van der Waals surface area contributed by atoms with Crippen molar-refractivity contribution in [2.45, 2.75) is 58.5 Å². The van der Waals surface area contributed by atoms with Crippen LogP contribution in [0.3, 0.4) is 0 Å². The van der Waals surface area contributed by atoms with E-state index in [1.54, 1.807) is 0 Å². The zero-order chi connectivity index (χ0) is 16.2. The number of ketones is 1. The molecule has 3 nitrogen and oxygen atoms in total. The Morgan fingerprint density at radius 1 is 1.22 bits per heavy atom. The van der Waals surface area contributed by atoms with E-state index >= 15 is 0 Å². The Bertz CT molecular complexity index is 666. The van der Waals surface area contributed by atoms with Crippen LogP contribution in [0, 0.1) is 17.3 Å². The summed E-state index contributed by atoms with van der Waals surface area (Å²) in [4.78, 5) is 23.1. The van der Waals surface area contributed by atoms with Gasteiger partial charge in [-0.15, -0.1) is 0 Å². The summed E-state index contributed by atoms with van der Waals surface area (Å²) in [5.41, 5.74) is 4.12. The minimum Gasteiger partial charge on any atom is -0.462 e. The first-order valence-corrected chi connectivity index (χ1v) is 8.82. The van der Waals surface area contributed by atoms with Gasteiger partial charge in [0.05, 0.1) is 0 Å². The van der Waals surface area contributed by atoms with E-state index in [-0.39, 0.29) is 23.3 Å². The molecule has 4 aliphatic carbocycles. The molecule has 0 spiro atoms. The van der Waals surface area contributed by atoms with Crippen LogP contribution in [-0.2, 0) is 14.3 Å². The topological polar surface area (TPSA) is 43.4 Å². The van der Waals surface area contributed by atoms with E-state index in [1.165, 1.54) is 23.6 Å². The van der Waals surface area contributed by atoms with Gasteiger partial charge in [-0.1, -0.05) is 19.1 Å². The van der Waals surface area contributed by atoms with Crippen LogP contribution < -0.4 is 0 Å². The SMILES string of the molecule is CC(=O)O[C@H]1CC[C@@H]2C3CCC4=CC(=O)CCC4=C3C=C[C@]12C. The maximum atomic E-state index is 11.7. The van der Waals surface area contributed by atoms with Crippen LogP contribution in [0.1, 0.15) is 52.4 Å². The van der Waals surface area contributed by atoms with E-state index in [2.05, 4.69) is 19.1 Å². The van der Waals surface area contributed by atoms with E-state index in [4.69, 9.17) is 4.74 Å². The van der Waals surface area contributed by atoms with Gasteiger partial charge in [-0.05, 0) is 66.7 Å². The van der Waals surface area contributed by atoms with Crippen molar-refractivity contribution in [2.24, 2.45) is 17.3 Å². The number of esters is 1. The van der Waals surface area contributed by atoms with Gasteiger partial charge in [0, 0.05) is 18.8 Å².